The second-order valence-electron chi connectivity index (χ2n) is 3.54. The van der Waals surface area contributed by atoms with E-state index in [1.807, 2.05) is 42.7 Å². The molecular formula is C12H14N2OS. The molecule has 1 aromatic rings. The fraction of sp³-hybridized carbons (Fsp3) is 0.250. The molecule has 16 heavy (non-hydrogen) atoms. The van der Waals surface area contributed by atoms with Gasteiger partial charge in [0, 0.05) is 23.7 Å². The Bertz CT molecular complexity index is 392. The Morgan fingerprint density at radius 1 is 1.25 bits per heavy atom. The summed E-state index contributed by atoms with van der Waals surface area (Å²) in [5.74, 6) is 0. The third kappa shape index (κ3) is 2.58. The summed E-state index contributed by atoms with van der Waals surface area (Å²) in [5, 5.41) is 2.87. The zero-order valence-corrected chi connectivity index (χ0v) is 9.96. The van der Waals surface area contributed by atoms with Crippen LogP contribution < -0.4 is 5.32 Å². The SMILES string of the molecule is CSc1ccc(NC(=O)N2CC=CC2)cc1. The standard InChI is InChI=1S/C12H14N2OS/c1-16-11-6-4-10(5-7-11)13-12(15)14-8-2-3-9-14/h2-7H,8-9H2,1H3,(H,13,15). The van der Waals surface area contributed by atoms with E-state index in [-0.39, 0.29) is 6.03 Å². The van der Waals surface area contributed by atoms with Crippen molar-refractivity contribution >= 4 is 23.5 Å². The predicted octanol–water partition coefficient (Wildman–Crippen LogP) is 2.81. The maximum atomic E-state index is 11.7. The first kappa shape index (κ1) is 11.1. The van der Waals surface area contributed by atoms with Gasteiger partial charge in [-0.25, -0.2) is 4.79 Å². The van der Waals surface area contributed by atoms with Gasteiger partial charge in [-0.15, -0.1) is 11.8 Å². The van der Waals surface area contributed by atoms with Crippen LogP contribution >= 0.6 is 11.8 Å². The number of benzene rings is 1. The highest BCUT2D eigenvalue weighted by molar-refractivity contribution is 7.98. The second kappa shape index (κ2) is 5.07. The van der Waals surface area contributed by atoms with Gasteiger partial charge in [0.05, 0.1) is 0 Å². The Labute approximate surface area is 99.5 Å². The first-order valence-corrected chi connectivity index (χ1v) is 6.37. The first-order chi connectivity index (χ1) is 7.79. The Hall–Kier alpha value is -1.42. The number of nitrogens with zero attached hydrogens (tertiary/aromatic N) is 1. The highest BCUT2D eigenvalue weighted by Crippen LogP contribution is 2.17. The number of hydrogen-bond donors (Lipinski definition) is 1. The first-order valence-electron chi connectivity index (χ1n) is 5.14. The van der Waals surface area contributed by atoms with Crippen LogP contribution in [0.3, 0.4) is 0 Å². The number of carbonyl (C=O) groups is 1. The molecular weight excluding hydrogens is 220 g/mol. The molecule has 0 bridgehead atoms. The molecule has 0 aromatic heterocycles. The molecule has 4 heteroatoms. The van der Waals surface area contributed by atoms with Gasteiger partial charge in [0.25, 0.3) is 0 Å². The van der Waals surface area contributed by atoms with Crippen LogP contribution in [0.1, 0.15) is 0 Å². The van der Waals surface area contributed by atoms with Crippen LogP contribution in [0.4, 0.5) is 10.5 Å². The zero-order valence-electron chi connectivity index (χ0n) is 9.14. The molecule has 0 spiro atoms. The number of hydrogen-bond acceptors (Lipinski definition) is 2. The minimum Gasteiger partial charge on any atom is -0.317 e. The maximum Gasteiger partial charge on any atom is 0.322 e. The van der Waals surface area contributed by atoms with Gasteiger partial charge >= 0.3 is 6.03 Å². The second-order valence-corrected chi connectivity index (χ2v) is 4.41. The van der Waals surface area contributed by atoms with Crippen molar-refractivity contribution in [3.63, 3.8) is 0 Å². The average Bonchev–Trinajstić information content (AvgIpc) is 2.83. The summed E-state index contributed by atoms with van der Waals surface area (Å²) in [6.07, 6.45) is 6.02. The molecule has 0 aliphatic carbocycles. The minimum atomic E-state index is -0.0399. The largest absolute Gasteiger partial charge is 0.322 e. The Morgan fingerprint density at radius 2 is 1.88 bits per heavy atom. The van der Waals surface area contributed by atoms with Crippen LogP contribution in [0.5, 0.6) is 0 Å². The molecule has 1 aromatic carbocycles. The maximum absolute atomic E-state index is 11.7. The van der Waals surface area contributed by atoms with Crippen LogP contribution in [0.25, 0.3) is 0 Å². The van der Waals surface area contributed by atoms with Crippen molar-refractivity contribution in [2.75, 3.05) is 24.7 Å². The molecule has 2 rings (SSSR count). The summed E-state index contributed by atoms with van der Waals surface area (Å²) in [6, 6.07) is 7.81. The third-order valence-corrected chi connectivity index (χ3v) is 3.19. The molecule has 0 unspecified atom stereocenters. The van der Waals surface area contributed by atoms with Crippen LogP contribution in [0, 0.1) is 0 Å². The summed E-state index contributed by atoms with van der Waals surface area (Å²) in [4.78, 5) is 14.7. The number of carbonyl (C=O) groups excluding carboxylic acids is 1. The Kier molecular flexibility index (Phi) is 3.51. The number of rotatable bonds is 2. The lowest BCUT2D eigenvalue weighted by Crippen LogP contribution is -2.32. The van der Waals surface area contributed by atoms with E-state index in [9.17, 15) is 4.79 Å². The topological polar surface area (TPSA) is 32.3 Å². The van der Waals surface area contributed by atoms with Crippen molar-refractivity contribution in [3.05, 3.63) is 36.4 Å². The van der Waals surface area contributed by atoms with Crippen molar-refractivity contribution in [1.29, 1.82) is 0 Å². The third-order valence-electron chi connectivity index (χ3n) is 2.45. The summed E-state index contributed by atoms with van der Waals surface area (Å²) < 4.78 is 0. The molecule has 0 saturated heterocycles. The number of thioether (sulfide) groups is 1. The van der Waals surface area contributed by atoms with Gasteiger partial charge in [-0.2, -0.15) is 0 Å². The van der Waals surface area contributed by atoms with Crippen molar-refractivity contribution in [3.8, 4) is 0 Å². The summed E-state index contributed by atoms with van der Waals surface area (Å²) in [6.45, 7) is 1.41. The van der Waals surface area contributed by atoms with Crippen LogP contribution in [0.15, 0.2) is 41.3 Å². The number of urea groups is 1. The summed E-state index contributed by atoms with van der Waals surface area (Å²) in [5.41, 5.74) is 0.842. The Balaban J connectivity index is 1.95. The minimum absolute atomic E-state index is 0.0399. The van der Waals surface area contributed by atoms with E-state index in [1.54, 1.807) is 16.7 Å². The molecule has 1 aliphatic heterocycles. The molecule has 1 N–H and O–H groups in total. The lowest BCUT2D eigenvalue weighted by Gasteiger charge is -2.16. The molecule has 2 amide bonds. The molecule has 0 saturated carbocycles. The molecule has 0 radical (unpaired) electrons. The van der Waals surface area contributed by atoms with E-state index in [4.69, 9.17) is 0 Å². The van der Waals surface area contributed by atoms with Gasteiger partial charge < -0.3 is 10.2 Å². The van der Waals surface area contributed by atoms with Gasteiger partial charge in [-0.1, -0.05) is 12.2 Å². The van der Waals surface area contributed by atoms with Gasteiger partial charge in [-0.3, -0.25) is 0 Å². The zero-order chi connectivity index (χ0) is 11.4. The fourth-order valence-electron chi connectivity index (χ4n) is 1.52. The molecule has 0 fully saturated rings. The van der Waals surface area contributed by atoms with E-state index in [2.05, 4.69) is 5.32 Å². The Morgan fingerprint density at radius 3 is 2.44 bits per heavy atom. The molecule has 0 atom stereocenters. The van der Waals surface area contributed by atoms with Crippen molar-refractivity contribution in [1.82, 2.24) is 4.90 Å². The van der Waals surface area contributed by atoms with E-state index in [0.717, 1.165) is 5.69 Å². The van der Waals surface area contributed by atoms with Crippen molar-refractivity contribution in [2.45, 2.75) is 4.90 Å². The molecule has 1 aliphatic rings. The highest BCUT2D eigenvalue weighted by atomic mass is 32.2. The van der Waals surface area contributed by atoms with E-state index >= 15 is 0 Å². The highest BCUT2D eigenvalue weighted by Gasteiger charge is 2.13. The van der Waals surface area contributed by atoms with Crippen molar-refractivity contribution < 1.29 is 4.79 Å². The quantitative estimate of drug-likeness (QED) is 0.630. The average molecular weight is 234 g/mol. The van der Waals surface area contributed by atoms with Gasteiger partial charge in [0.1, 0.15) is 0 Å². The van der Waals surface area contributed by atoms with Gasteiger partial charge in [0.15, 0.2) is 0 Å². The van der Waals surface area contributed by atoms with Crippen molar-refractivity contribution in [2.24, 2.45) is 0 Å². The smallest absolute Gasteiger partial charge is 0.317 e. The van der Waals surface area contributed by atoms with Crippen LogP contribution in [-0.2, 0) is 0 Å². The van der Waals surface area contributed by atoms with Crippen LogP contribution in [0.2, 0.25) is 0 Å². The number of anilines is 1. The van der Waals surface area contributed by atoms with Gasteiger partial charge in [0.2, 0.25) is 0 Å². The normalized spacial score (nSPS) is 14.2. The monoisotopic (exact) mass is 234 g/mol. The van der Waals surface area contributed by atoms with E-state index < -0.39 is 0 Å². The van der Waals surface area contributed by atoms with E-state index in [1.165, 1.54) is 4.90 Å². The number of amides is 2. The van der Waals surface area contributed by atoms with E-state index in [0.29, 0.717) is 13.1 Å². The molecule has 84 valence electrons. The predicted molar refractivity (Wildman–Crippen MR) is 68.0 cm³/mol. The molecule has 3 nitrogen and oxygen atoms in total. The molecule has 1 heterocycles. The summed E-state index contributed by atoms with van der Waals surface area (Å²) >= 11 is 1.69. The lowest BCUT2D eigenvalue weighted by atomic mass is 10.3. The van der Waals surface area contributed by atoms with Crippen LogP contribution in [-0.4, -0.2) is 30.3 Å². The van der Waals surface area contributed by atoms with Gasteiger partial charge in [-0.05, 0) is 30.5 Å². The number of nitrogens with one attached hydrogen (secondary N) is 1. The lowest BCUT2D eigenvalue weighted by molar-refractivity contribution is 0.224. The fourth-order valence-corrected chi connectivity index (χ4v) is 1.93. The summed E-state index contributed by atoms with van der Waals surface area (Å²) in [7, 11) is 0.